The van der Waals surface area contributed by atoms with Gasteiger partial charge in [0.05, 0.1) is 5.02 Å². The lowest BCUT2D eigenvalue weighted by Crippen LogP contribution is -2.40. The molecule has 1 N–H and O–H groups in total. The van der Waals surface area contributed by atoms with E-state index in [4.69, 9.17) is 20.8 Å². The quantitative estimate of drug-likeness (QED) is 0.670. The number of halogens is 1. The van der Waals surface area contributed by atoms with E-state index in [1.165, 1.54) is 12.1 Å². The summed E-state index contributed by atoms with van der Waals surface area (Å²) >= 11 is 6.33. The van der Waals surface area contributed by atoms with Crippen LogP contribution < -0.4 is 20.8 Å². The number of hydrogen-bond acceptors (Lipinski definition) is 6. The third-order valence-electron chi connectivity index (χ3n) is 5.68. The fraction of sp³-hybridized carbons (Fsp3) is 0.500. The number of benzene rings is 1. The van der Waals surface area contributed by atoms with Gasteiger partial charge in [-0.15, -0.1) is 0 Å². The van der Waals surface area contributed by atoms with Crippen LogP contribution in [0.3, 0.4) is 0 Å². The smallest absolute Gasteiger partial charge is 0.336 e. The summed E-state index contributed by atoms with van der Waals surface area (Å²) in [4.78, 5) is 35.1. The lowest BCUT2D eigenvalue weighted by atomic mass is 9.82. The molecule has 2 aromatic rings. The standard InChI is InChI=1S/C22H26ClNO6/c1-3-14-8-20(25)30-18-10-19(17(23)9-16(14)18)29-12(2)21(26)24-11-13-4-6-15(7-5-13)22(27)28/h8-10,12-13,15H,3-7,11H2,1-2H3,(H,24,26)(H,27,28)/p-1/t12-,13?,15?/m1/s1. The van der Waals surface area contributed by atoms with Crippen molar-refractivity contribution in [1.82, 2.24) is 5.32 Å². The average Bonchev–Trinajstić information content (AvgIpc) is 2.72. The molecule has 1 aliphatic carbocycles. The van der Waals surface area contributed by atoms with Gasteiger partial charge in [-0.05, 0) is 62.5 Å². The zero-order valence-corrected chi connectivity index (χ0v) is 17.8. The molecule has 0 spiro atoms. The summed E-state index contributed by atoms with van der Waals surface area (Å²) in [5.41, 5.74) is 0.733. The largest absolute Gasteiger partial charge is 0.550 e. The summed E-state index contributed by atoms with van der Waals surface area (Å²) in [5.74, 6) is -1.17. The fourth-order valence-electron chi connectivity index (χ4n) is 3.85. The summed E-state index contributed by atoms with van der Waals surface area (Å²) in [6, 6.07) is 4.65. The van der Waals surface area contributed by atoms with Crippen molar-refractivity contribution in [3.8, 4) is 5.75 Å². The number of nitrogens with one attached hydrogen (secondary N) is 1. The van der Waals surface area contributed by atoms with Crippen LogP contribution in [0.4, 0.5) is 0 Å². The summed E-state index contributed by atoms with van der Waals surface area (Å²) < 4.78 is 11.0. The molecule has 1 aromatic carbocycles. The molecular formula is C22H25ClNO6-. The lowest BCUT2D eigenvalue weighted by Gasteiger charge is -2.29. The average molecular weight is 435 g/mol. The maximum atomic E-state index is 12.4. The number of rotatable bonds is 7. The van der Waals surface area contributed by atoms with Gasteiger partial charge >= 0.3 is 5.63 Å². The topological polar surface area (TPSA) is 109 Å². The number of carboxylic acids is 1. The monoisotopic (exact) mass is 434 g/mol. The molecule has 0 aliphatic heterocycles. The molecule has 3 rings (SSSR count). The molecule has 0 unspecified atom stereocenters. The lowest BCUT2D eigenvalue weighted by molar-refractivity contribution is -0.312. The number of fused-ring (bicyclic) bond motifs is 1. The molecule has 1 aromatic heterocycles. The second-order valence-corrected chi connectivity index (χ2v) is 8.17. The molecule has 8 heteroatoms. The molecule has 1 amide bonds. The third-order valence-corrected chi connectivity index (χ3v) is 5.98. The summed E-state index contributed by atoms with van der Waals surface area (Å²) in [7, 11) is 0. The van der Waals surface area contributed by atoms with Crippen molar-refractivity contribution in [2.24, 2.45) is 11.8 Å². The number of hydrogen-bond donors (Lipinski definition) is 1. The van der Waals surface area contributed by atoms with Gasteiger partial charge in [-0.25, -0.2) is 4.79 Å². The first-order chi connectivity index (χ1) is 14.3. The van der Waals surface area contributed by atoms with E-state index in [-0.39, 0.29) is 23.5 Å². The normalized spacial score (nSPS) is 20.0. The van der Waals surface area contributed by atoms with Crippen molar-refractivity contribution >= 4 is 34.4 Å². The van der Waals surface area contributed by atoms with Gasteiger partial charge in [-0.3, -0.25) is 4.79 Å². The van der Waals surface area contributed by atoms with Crippen molar-refractivity contribution in [2.45, 2.75) is 52.1 Å². The second-order valence-electron chi connectivity index (χ2n) is 7.76. The molecular weight excluding hydrogens is 410 g/mol. The fourth-order valence-corrected chi connectivity index (χ4v) is 4.05. The van der Waals surface area contributed by atoms with Gasteiger partial charge in [0, 0.05) is 30.0 Å². The van der Waals surface area contributed by atoms with Crippen LogP contribution in [0.15, 0.2) is 27.4 Å². The Hall–Kier alpha value is -2.54. The van der Waals surface area contributed by atoms with Crippen molar-refractivity contribution in [2.75, 3.05) is 6.54 Å². The number of ether oxygens (including phenoxy) is 1. The Morgan fingerprint density at radius 2 is 1.97 bits per heavy atom. The van der Waals surface area contributed by atoms with E-state index in [1.54, 1.807) is 13.0 Å². The van der Waals surface area contributed by atoms with Crippen molar-refractivity contribution in [3.63, 3.8) is 0 Å². The van der Waals surface area contributed by atoms with Gasteiger partial charge < -0.3 is 24.4 Å². The Balaban J connectivity index is 1.61. The van der Waals surface area contributed by atoms with Crippen LogP contribution in [0.5, 0.6) is 5.75 Å². The van der Waals surface area contributed by atoms with Crippen LogP contribution in [0, 0.1) is 11.8 Å². The SMILES string of the molecule is CCc1cc(=O)oc2cc(O[C@H](C)C(=O)NCC3CCC(C(=O)[O-])CC3)c(Cl)cc12. The highest BCUT2D eigenvalue weighted by Crippen LogP contribution is 2.32. The highest BCUT2D eigenvalue weighted by molar-refractivity contribution is 6.32. The number of aryl methyl sites for hydroxylation is 1. The Kier molecular flexibility index (Phi) is 7.02. The van der Waals surface area contributed by atoms with E-state index in [1.807, 2.05) is 6.92 Å². The summed E-state index contributed by atoms with van der Waals surface area (Å²) in [5, 5.41) is 14.8. The van der Waals surface area contributed by atoms with E-state index in [9.17, 15) is 19.5 Å². The predicted octanol–water partition coefficient (Wildman–Crippen LogP) is 2.45. The first-order valence-electron chi connectivity index (χ1n) is 10.2. The number of carboxylic acid groups (broad SMARTS) is 1. The van der Waals surface area contributed by atoms with Crippen LogP contribution in [0.2, 0.25) is 5.02 Å². The van der Waals surface area contributed by atoms with E-state index < -0.39 is 17.7 Å². The Morgan fingerprint density at radius 1 is 1.27 bits per heavy atom. The van der Waals surface area contributed by atoms with E-state index in [0.717, 1.165) is 23.8 Å². The molecule has 1 aliphatic rings. The maximum Gasteiger partial charge on any atom is 0.336 e. The van der Waals surface area contributed by atoms with Crippen LogP contribution in [0.25, 0.3) is 11.0 Å². The summed E-state index contributed by atoms with van der Waals surface area (Å²) in [6.07, 6.45) is 2.48. The van der Waals surface area contributed by atoms with E-state index in [2.05, 4.69) is 5.32 Å². The minimum absolute atomic E-state index is 0.239. The molecule has 1 atom stereocenters. The van der Waals surface area contributed by atoms with Crippen LogP contribution in [-0.4, -0.2) is 24.5 Å². The maximum absolute atomic E-state index is 12.4. The molecule has 0 radical (unpaired) electrons. The minimum atomic E-state index is -0.992. The minimum Gasteiger partial charge on any atom is -0.550 e. The number of amides is 1. The highest BCUT2D eigenvalue weighted by atomic mass is 35.5. The van der Waals surface area contributed by atoms with Crippen molar-refractivity contribution < 1.29 is 23.8 Å². The first kappa shape index (κ1) is 22.2. The Labute approximate surface area is 179 Å². The zero-order valence-electron chi connectivity index (χ0n) is 17.0. The molecule has 7 nitrogen and oxygen atoms in total. The van der Waals surface area contributed by atoms with Gasteiger partial charge in [0.25, 0.3) is 5.91 Å². The molecule has 162 valence electrons. The van der Waals surface area contributed by atoms with Gasteiger partial charge in [-0.1, -0.05) is 18.5 Å². The van der Waals surface area contributed by atoms with Gasteiger partial charge in [0.2, 0.25) is 0 Å². The molecule has 0 saturated heterocycles. The number of carbonyl (C=O) groups excluding carboxylic acids is 2. The number of aliphatic carboxylic acids is 1. The van der Waals surface area contributed by atoms with Crippen LogP contribution in [-0.2, 0) is 16.0 Å². The van der Waals surface area contributed by atoms with Crippen LogP contribution in [0.1, 0.15) is 45.1 Å². The molecule has 1 fully saturated rings. The predicted molar refractivity (Wildman–Crippen MR) is 110 cm³/mol. The van der Waals surface area contributed by atoms with Crippen molar-refractivity contribution in [1.29, 1.82) is 0 Å². The molecule has 1 saturated carbocycles. The van der Waals surface area contributed by atoms with Gasteiger partial charge in [0.1, 0.15) is 11.3 Å². The Bertz CT molecular complexity index is 993. The third kappa shape index (κ3) is 5.14. The van der Waals surface area contributed by atoms with Crippen molar-refractivity contribution in [3.05, 3.63) is 39.2 Å². The molecule has 0 bridgehead atoms. The zero-order chi connectivity index (χ0) is 21.8. The van der Waals surface area contributed by atoms with Gasteiger partial charge in [0.15, 0.2) is 6.10 Å². The second kappa shape index (κ2) is 9.51. The Morgan fingerprint density at radius 3 is 2.60 bits per heavy atom. The highest BCUT2D eigenvalue weighted by Gasteiger charge is 2.24. The van der Waals surface area contributed by atoms with E-state index >= 15 is 0 Å². The van der Waals surface area contributed by atoms with Crippen LogP contribution >= 0.6 is 11.6 Å². The first-order valence-corrected chi connectivity index (χ1v) is 10.6. The molecule has 1 heterocycles. The van der Waals surface area contributed by atoms with E-state index in [0.29, 0.717) is 36.4 Å². The molecule has 30 heavy (non-hydrogen) atoms. The number of carbonyl (C=O) groups is 2. The summed E-state index contributed by atoms with van der Waals surface area (Å²) in [6.45, 7) is 4.01. The van der Waals surface area contributed by atoms with Gasteiger partial charge in [-0.2, -0.15) is 0 Å².